The molecule has 0 radical (unpaired) electrons. The molecule has 2 aromatic rings. The Kier molecular flexibility index (Phi) is 5.42. The summed E-state index contributed by atoms with van der Waals surface area (Å²) in [5, 5.41) is 15.1. The number of hydrogen-bond donors (Lipinski definition) is 2. The normalized spacial score (nSPS) is 20.0. The zero-order chi connectivity index (χ0) is 18.6. The molecule has 2 amide bonds. The highest BCUT2D eigenvalue weighted by Crippen LogP contribution is 2.27. The highest BCUT2D eigenvalue weighted by atomic mass is 16.5. The fourth-order valence-corrected chi connectivity index (χ4v) is 3.41. The molecule has 1 unspecified atom stereocenters. The molecule has 1 aliphatic heterocycles. The van der Waals surface area contributed by atoms with E-state index >= 15 is 0 Å². The Morgan fingerprint density at radius 2 is 2.00 bits per heavy atom. The first kappa shape index (κ1) is 18.2. The maximum Gasteiger partial charge on any atom is 0.260 e. The van der Waals surface area contributed by atoms with Gasteiger partial charge in [-0.1, -0.05) is 36.4 Å². The first-order chi connectivity index (χ1) is 12.5. The van der Waals surface area contributed by atoms with Gasteiger partial charge in [0, 0.05) is 25.5 Å². The van der Waals surface area contributed by atoms with Crippen LogP contribution in [0.1, 0.15) is 19.3 Å². The highest BCUT2D eigenvalue weighted by Gasteiger charge is 2.36. The molecule has 1 atom stereocenters. The second-order valence-electron chi connectivity index (χ2n) is 6.76. The van der Waals surface area contributed by atoms with E-state index in [1.54, 1.807) is 4.90 Å². The molecular formula is C20H24N2O4. The van der Waals surface area contributed by atoms with Gasteiger partial charge in [-0.25, -0.2) is 0 Å². The molecule has 138 valence electrons. The van der Waals surface area contributed by atoms with E-state index < -0.39 is 5.60 Å². The number of aliphatic hydroxyl groups is 1. The van der Waals surface area contributed by atoms with Gasteiger partial charge < -0.3 is 20.1 Å². The lowest BCUT2D eigenvalue weighted by atomic mass is 9.89. The Balaban J connectivity index is 1.63. The standard InChI is InChI=1S/C20H24N2O4/c1-21-18(23)12-20(25)10-5-11-22(14-20)19(24)13-26-17-9-4-7-15-6-2-3-8-16(15)17/h2-4,6-9,25H,5,10-14H2,1H3,(H,21,23). The third-order valence-electron chi connectivity index (χ3n) is 4.78. The molecular weight excluding hydrogens is 332 g/mol. The molecule has 2 aromatic carbocycles. The lowest BCUT2D eigenvalue weighted by Crippen LogP contribution is -2.53. The predicted molar refractivity (Wildman–Crippen MR) is 98.9 cm³/mol. The third-order valence-corrected chi connectivity index (χ3v) is 4.78. The van der Waals surface area contributed by atoms with E-state index in [1.807, 2.05) is 42.5 Å². The molecule has 1 aliphatic rings. The van der Waals surface area contributed by atoms with E-state index in [-0.39, 0.29) is 31.4 Å². The maximum absolute atomic E-state index is 12.5. The average molecular weight is 356 g/mol. The molecule has 0 aromatic heterocycles. The minimum absolute atomic E-state index is 0.00252. The van der Waals surface area contributed by atoms with Crippen LogP contribution in [0.5, 0.6) is 5.75 Å². The molecule has 0 aliphatic carbocycles. The second kappa shape index (κ2) is 7.74. The van der Waals surface area contributed by atoms with Crippen molar-refractivity contribution in [3.8, 4) is 5.75 Å². The molecule has 6 nitrogen and oxygen atoms in total. The van der Waals surface area contributed by atoms with Crippen LogP contribution in [0.2, 0.25) is 0 Å². The van der Waals surface area contributed by atoms with E-state index in [4.69, 9.17) is 4.74 Å². The lowest BCUT2D eigenvalue weighted by Gasteiger charge is -2.38. The van der Waals surface area contributed by atoms with Gasteiger partial charge in [-0.05, 0) is 24.3 Å². The fraction of sp³-hybridized carbons (Fsp3) is 0.400. The summed E-state index contributed by atoms with van der Waals surface area (Å²) in [6, 6.07) is 13.6. The van der Waals surface area contributed by atoms with Crippen molar-refractivity contribution in [1.82, 2.24) is 10.2 Å². The number of amides is 2. The van der Waals surface area contributed by atoms with Gasteiger partial charge in [-0.2, -0.15) is 0 Å². The molecule has 0 bridgehead atoms. The van der Waals surface area contributed by atoms with Crippen molar-refractivity contribution in [2.24, 2.45) is 0 Å². The van der Waals surface area contributed by atoms with Crippen molar-refractivity contribution in [2.75, 3.05) is 26.7 Å². The van der Waals surface area contributed by atoms with E-state index in [2.05, 4.69) is 5.32 Å². The van der Waals surface area contributed by atoms with Crippen molar-refractivity contribution < 1.29 is 19.4 Å². The maximum atomic E-state index is 12.5. The number of ether oxygens (including phenoxy) is 1. The molecule has 26 heavy (non-hydrogen) atoms. The number of likely N-dealkylation sites (tertiary alicyclic amines) is 1. The molecule has 1 saturated heterocycles. The monoisotopic (exact) mass is 356 g/mol. The number of nitrogens with zero attached hydrogens (tertiary/aromatic N) is 1. The van der Waals surface area contributed by atoms with Crippen LogP contribution < -0.4 is 10.1 Å². The summed E-state index contributed by atoms with van der Waals surface area (Å²) in [7, 11) is 1.54. The summed E-state index contributed by atoms with van der Waals surface area (Å²) in [6.45, 7) is 0.621. The van der Waals surface area contributed by atoms with Gasteiger partial charge in [0.25, 0.3) is 5.91 Å². The largest absolute Gasteiger partial charge is 0.483 e. The van der Waals surface area contributed by atoms with Crippen LogP contribution in [0, 0.1) is 0 Å². The van der Waals surface area contributed by atoms with Gasteiger partial charge in [-0.15, -0.1) is 0 Å². The summed E-state index contributed by atoms with van der Waals surface area (Å²) in [5.74, 6) is 0.246. The van der Waals surface area contributed by atoms with E-state index in [9.17, 15) is 14.7 Å². The zero-order valence-corrected chi connectivity index (χ0v) is 14.9. The number of piperidine rings is 1. The van der Waals surface area contributed by atoms with Crippen molar-refractivity contribution in [2.45, 2.75) is 24.9 Å². The average Bonchev–Trinajstić information content (AvgIpc) is 2.65. The van der Waals surface area contributed by atoms with E-state index in [1.165, 1.54) is 7.05 Å². The Hall–Kier alpha value is -2.60. The number of carbonyl (C=O) groups excluding carboxylic acids is 2. The molecule has 6 heteroatoms. The number of nitrogens with one attached hydrogen (secondary N) is 1. The topological polar surface area (TPSA) is 78.9 Å². The van der Waals surface area contributed by atoms with Crippen LogP contribution in [0.4, 0.5) is 0 Å². The third kappa shape index (κ3) is 4.14. The van der Waals surface area contributed by atoms with Gasteiger partial charge in [0.2, 0.25) is 5.91 Å². The van der Waals surface area contributed by atoms with Crippen molar-refractivity contribution in [1.29, 1.82) is 0 Å². The van der Waals surface area contributed by atoms with Gasteiger partial charge in [0.1, 0.15) is 5.75 Å². The van der Waals surface area contributed by atoms with Crippen LogP contribution in [-0.2, 0) is 9.59 Å². The molecule has 1 heterocycles. The first-order valence-electron chi connectivity index (χ1n) is 8.82. The minimum Gasteiger partial charge on any atom is -0.483 e. The predicted octanol–water partition coefficient (Wildman–Crippen LogP) is 1.71. The molecule has 1 fully saturated rings. The fourth-order valence-electron chi connectivity index (χ4n) is 3.41. The van der Waals surface area contributed by atoms with Crippen LogP contribution >= 0.6 is 0 Å². The number of carbonyl (C=O) groups is 2. The highest BCUT2D eigenvalue weighted by molar-refractivity contribution is 5.88. The molecule has 3 rings (SSSR count). The Bertz CT molecular complexity index is 802. The number of benzene rings is 2. The van der Waals surface area contributed by atoms with Gasteiger partial charge in [-0.3, -0.25) is 9.59 Å². The van der Waals surface area contributed by atoms with Gasteiger partial charge in [0.05, 0.1) is 12.0 Å². The lowest BCUT2D eigenvalue weighted by molar-refractivity contribution is -0.143. The molecule has 0 spiro atoms. The smallest absolute Gasteiger partial charge is 0.260 e. The Morgan fingerprint density at radius 1 is 1.23 bits per heavy atom. The Morgan fingerprint density at radius 3 is 2.81 bits per heavy atom. The van der Waals surface area contributed by atoms with Crippen molar-refractivity contribution in [3.05, 3.63) is 42.5 Å². The van der Waals surface area contributed by atoms with Gasteiger partial charge >= 0.3 is 0 Å². The first-order valence-corrected chi connectivity index (χ1v) is 8.82. The number of β-amino-alcohol motifs (C(OH)–C–C–N with tert-alkyl or cyclic N) is 1. The summed E-state index contributed by atoms with van der Waals surface area (Å²) in [6.07, 6.45) is 1.17. The number of fused-ring (bicyclic) bond motifs is 1. The van der Waals surface area contributed by atoms with Crippen LogP contribution in [0.25, 0.3) is 10.8 Å². The van der Waals surface area contributed by atoms with Crippen molar-refractivity contribution in [3.63, 3.8) is 0 Å². The SMILES string of the molecule is CNC(=O)CC1(O)CCCN(C(=O)COc2cccc3ccccc23)C1. The summed E-state index contributed by atoms with van der Waals surface area (Å²) < 4.78 is 5.75. The van der Waals surface area contributed by atoms with Gasteiger partial charge in [0.15, 0.2) is 6.61 Å². The van der Waals surface area contributed by atoms with Crippen LogP contribution in [0.15, 0.2) is 42.5 Å². The molecule has 2 N–H and O–H groups in total. The Labute approximate surface area is 152 Å². The number of rotatable bonds is 5. The minimum atomic E-state index is -1.17. The second-order valence-corrected chi connectivity index (χ2v) is 6.76. The zero-order valence-electron chi connectivity index (χ0n) is 14.9. The van der Waals surface area contributed by atoms with Crippen LogP contribution in [0.3, 0.4) is 0 Å². The number of hydrogen-bond acceptors (Lipinski definition) is 4. The summed E-state index contributed by atoms with van der Waals surface area (Å²) in [4.78, 5) is 25.7. The van der Waals surface area contributed by atoms with E-state index in [0.717, 1.165) is 10.8 Å². The summed E-state index contributed by atoms with van der Waals surface area (Å²) >= 11 is 0. The van der Waals surface area contributed by atoms with Crippen molar-refractivity contribution >= 4 is 22.6 Å². The van der Waals surface area contributed by atoms with E-state index in [0.29, 0.717) is 25.1 Å². The quantitative estimate of drug-likeness (QED) is 0.855. The van der Waals surface area contributed by atoms with Crippen LogP contribution in [-0.4, -0.2) is 54.2 Å². The summed E-state index contributed by atoms with van der Waals surface area (Å²) in [5.41, 5.74) is -1.17. The molecule has 0 saturated carbocycles.